The highest BCUT2D eigenvalue weighted by molar-refractivity contribution is 5.38. The summed E-state index contributed by atoms with van der Waals surface area (Å²) in [6.07, 6.45) is 1.32. The molecule has 0 saturated carbocycles. The van der Waals surface area contributed by atoms with Gasteiger partial charge in [-0.15, -0.1) is 0 Å². The Morgan fingerprint density at radius 2 is 2.33 bits per heavy atom. The van der Waals surface area contributed by atoms with Crippen LogP contribution in [0, 0.1) is 17.7 Å². The zero-order valence-electron chi connectivity index (χ0n) is 9.48. The number of halogens is 1. The number of nitrogens with zero attached hydrogens (tertiary/aromatic N) is 2. The number of nitrogens with two attached hydrogens (primary N) is 1. The summed E-state index contributed by atoms with van der Waals surface area (Å²) in [5, 5.41) is 5.83. The second kappa shape index (κ2) is 5.29. The van der Waals surface area contributed by atoms with Gasteiger partial charge in [0.25, 0.3) is 0 Å². The molecule has 2 aromatic rings. The van der Waals surface area contributed by atoms with Crippen molar-refractivity contribution in [3.05, 3.63) is 52.0 Å². The van der Waals surface area contributed by atoms with Crippen LogP contribution in [0.15, 0.2) is 29.3 Å². The van der Waals surface area contributed by atoms with Crippen molar-refractivity contribution in [2.24, 2.45) is 5.73 Å². The van der Waals surface area contributed by atoms with Gasteiger partial charge in [0.15, 0.2) is 0 Å². The van der Waals surface area contributed by atoms with Gasteiger partial charge >= 0.3 is 5.69 Å². The van der Waals surface area contributed by atoms with Gasteiger partial charge in [-0.05, 0) is 18.2 Å². The maximum absolute atomic E-state index is 13.6. The van der Waals surface area contributed by atoms with Crippen LogP contribution >= 0.6 is 0 Å². The van der Waals surface area contributed by atoms with Crippen LogP contribution < -0.4 is 11.4 Å². The molecule has 1 heterocycles. The minimum atomic E-state index is -0.388. The summed E-state index contributed by atoms with van der Waals surface area (Å²) in [6.45, 7) is 0.354. The zero-order valence-corrected chi connectivity index (χ0v) is 9.48. The molecule has 0 atom stereocenters. The minimum absolute atomic E-state index is 0.110. The van der Waals surface area contributed by atoms with Gasteiger partial charge in [-0.3, -0.25) is 4.57 Å². The largest absolute Gasteiger partial charge is 0.343 e. The number of rotatable bonds is 2. The van der Waals surface area contributed by atoms with Crippen molar-refractivity contribution in [2.75, 3.05) is 6.54 Å². The van der Waals surface area contributed by atoms with E-state index in [1.54, 1.807) is 12.1 Å². The lowest BCUT2D eigenvalue weighted by Gasteiger charge is -2.03. The maximum atomic E-state index is 13.6. The Morgan fingerprint density at radius 3 is 3.00 bits per heavy atom. The minimum Gasteiger partial charge on any atom is -0.320 e. The van der Waals surface area contributed by atoms with Gasteiger partial charge < -0.3 is 5.73 Å². The van der Waals surface area contributed by atoms with E-state index in [0.29, 0.717) is 11.1 Å². The Labute approximate surface area is 102 Å². The smallest absolute Gasteiger partial charge is 0.320 e. The lowest BCUT2D eigenvalue weighted by Crippen LogP contribution is -2.17. The predicted octanol–water partition coefficient (Wildman–Crippen LogP) is 0.0690. The fraction of sp³-hybridized carbons (Fsp3) is 0.167. The Bertz CT molecular complexity index is 662. The van der Waals surface area contributed by atoms with Gasteiger partial charge in [0.2, 0.25) is 0 Å². The van der Waals surface area contributed by atoms with Crippen molar-refractivity contribution in [1.82, 2.24) is 14.8 Å². The first-order valence-electron chi connectivity index (χ1n) is 5.28. The van der Waals surface area contributed by atoms with Gasteiger partial charge in [-0.1, -0.05) is 11.8 Å². The molecule has 0 amide bonds. The van der Waals surface area contributed by atoms with Crippen molar-refractivity contribution in [2.45, 2.75) is 6.54 Å². The number of hydrogen-bond donors (Lipinski definition) is 2. The standard InChI is InChI=1S/C12H11FN4O/c13-11-4-3-9(2-1-5-14)6-10(11)7-17-8-15-16-12(17)18/h3-4,6,8H,5,7,14H2,(H,16,18). The molecule has 0 bridgehead atoms. The molecule has 1 aromatic heterocycles. The van der Waals surface area contributed by atoms with E-state index in [0.717, 1.165) is 0 Å². The molecule has 0 aliphatic carbocycles. The van der Waals surface area contributed by atoms with Crippen molar-refractivity contribution >= 4 is 0 Å². The van der Waals surface area contributed by atoms with E-state index in [2.05, 4.69) is 22.0 Å². The predicted molar refractivity (Wildman–Crippen MR) is 64.3 cm³/mol. The van der Waals surface area contributed by atoms with Crippen LogP contribution in [-0.4, -0.2) is 21.3 Å². The van der Waals surface area contributed by atoms with Crippen LogP contribution in [0.25, 0.3) is 0 Å². The number of nitrogens with one attached hydrogen (secondary N) is 1. The molecule has 0 fully saturated rings. The molecule has 18 heavy (non-hydrogen) atoms. The van der Waals surface area contributed by atoms with E-state index in [1.165, 1.54) is 17.0 Å². The first-order valence-corrected chi connectivity index (χ1v) is 5.28. The third-order valence-electron chi connectivity index (χ3n) is 2.34. The number of hydrogen-bond acceptors (Lipinski definition) is 3. The highest BCUT2D eigenvalue weighted by atomic mass is 19.1. The van der Waals surface area contributed by atoms with E-state index >= 15 is 0 Å². The Morgan fingerprint density at radius 1 is 1.50 bits per heavy atom. The van der Waals surface area contributed by atoms with Crippen LogP contribution in [0.1, 0.15) is 11.1 Å². The molecule has 0 radical (unpaired) electrons. The molecule has 5 nitrogen and oxygen atoms in total. The summed E-state index contributed by atoms with van der Waals surface area (Å²) in [5.41, 5.74) is 5.92. The average Bonchev–Trinajstić information content (AvgIpc) is 2.76. The monoisotopic (exact) mass is 246 g/mol. The fourth-order valence-electron chi connectivity index (χ4n) is 1.49. The number of aromatic amines is 1. The molecule has 0 aliphatic rings. The molecule has 6 heteroatoms. The van der Waals surface area contributed by atoms with Gasteiger partial charge in [-0.2, -0.15) is 5.10 Å². The van der Waals surface area contributed by atoms with Gasteiger partial charge in [0.05, 0.1) is 13.1 Å². The summed E-state index contributed by atoms with van der Waals surface area (Å²) in [4.78, 5) is 11.3. The summed E-state index contributed by atoms with van der Waals surface area (Å²) in [7, 11) is 0. The molecule has 1 aromatic carbocycles. The van der Waals surface area contributed by atoms with Crippen LogP contribution in [0.5, 0.6) is 0 Å². The summed E-state index contributed by atoms with van der Waals surface area (Å²) < 4.78 is 14.9. The van der Waals surface area contributed by atoms with Crippen LogP contribution in [-0.2, 0) is 6.54 Å². The van der Waals surface area contributed by atoms with Crippen LogP contribution in [0.4, 0.5) is 4.39 Å². The molecule has 0 aliphatic heterocycles. The van der Waals surface area contributed by atoms with Crippen molar-refractivity contribution in [3.8, 4) is 11.8 Å². The molecular weight excluding hydrogens is 235 g/mol. The Balaban J connectivity index is 2.32. The van der Waals surface area contributed by atoms with E-state index < -0.39 is 0 Å². The average molecular weight is 246 g/mol. The summed E-state index contributed by atoms with van der Waals surface area (Å²) >= 11 is 0. The second-order valence-corrected chi connectivity index (χ2v) is 3.60. The van der Waals surface area contributed by atoms with Gasteiger partial charge in [-0.25, -0.2) is 14.3 Å². The molecule has 3 N–H and O–H groups in total. The van der Waals surface area contributed by atoms with Crippen molar-refractivity contribution in [3.63, 3.8) is 0 Å². The summed E-state index contributed by atoms with van der Waals surface area (Å²) in [6, 6.07) is 4.48. The highest BCUT2D eigenvalue weighted by Gasteiger charge is 2.05. The van der Waals surface area contributed by atoms with Crippen LogP contribution in [0.3, 0.4) is 0 Å². The number of H-pyrrole nitrogens is 1. The fourth-order valence-corrected chi connectivity index (χ4v) is 1.49. The maximum Gasteiger partial charge on any atom is 0.343 e. The molecule has 2 rings (SSSR count). The van der Waals surface area contributed by atoms with Crippen LogP contribution in [0.2, 0.25) is 0 Å². The molecular formula is C12H11FN4O. The second-order valence-electron chi connectivity index (χ2n) is 3.60. The first-order chi connectivity index (χ1) is 8.70. The topological polar surface area (TPSA) is 76.7 Å². The van der Waals surface area contributed by atoms with E-state index in [1.807, 2.05) is 0 Å². The quantitative estimate of drug-likeness (QED) is 0.736. The van der Waals surface area contributed by atoms with Crippen molar-refractivity contribution in [1.29, 1.82) is 0 Å². The van der Waals surface area contributed by atoms with E-state index in [4.69, 9.17) is 5.73 Å². The Kier molecular flexibility index (Phi) is 3.55. The number of aromatic nitrogens is 3. The number of benzene rings is 1. The molecule has 0 saturated heterocycles. The SMILES string of the molecule is NCC#Cc1ccc(F)c(Cn2cn[nH]c2=O)c1. The lowest BCUT2D eigenvalue weighted by molar-refractivity contribution is 0.596. The van der Waals surface area contributed by atoms with E-state index in [9.17, 15) is 9.18 Å². The third-order valence-corrected chi connectivity index (χ3v) is 2.34. The molecule has 0 unspecified atom stereocenters. The third kappa shape index (κ3) is 2.64. The zero-order chi connectivity index (χ0) is 13.0. The molecule has 0 spiro atoms. The van der Waals surface area contributed by atoms with E-state index in [-0.39, 0.29) is 24.6 Å². The van der Waals surface area contributed by atoms with Crippen molar-refractivity contribution < 1.29 is 4.39 Å². The highest BCUT2D eigenvalue weighted by Crippen LogP contribution is 2.10. The normalized spacial score (nSPS) is 9.89. The Hall–Kier alpha value is -2.39. The lowest BCUT2D eigenvalue weighted by atomic mass is 10.1. The molecule has 92 valence electrons. The van der Waals surface area contributed by atoms with Gasteiger partial charge in [0, 0.05) is 11.1 Å². The summed E-state index contributed by atoms with van der Waals surface area (Å²) in [5.74, 6) is 5.12. The van der Waals surface area contributed by atoms with Gasteiger partial charge in [0.1, 0.15) is 12.1 Å². The first kappa shape index (κ1) is 12.1.